The van der Waals surface area contributed by atoms with Gasteiger partial charge in [0.25, 0.3) is 11.8 Å². The topological polar surface area (TPSA) is 78.5 Å². The highest BCUT2D eigenvalue weighted by molar-refractivity contribution is 6.30. The fourth-order valence-electron chi connectivity index (χ4n) is 3.41. The average Bonchev–Trinajstić information content (AvgIpc) is 2.77. The first kappa shape index (κ1) is 21.6. The molecule has 0 radical (unpaired) electrons. The molecule has 2 aromatic carbocycles. The van der Waals surface area contributed by atoms with E-state index >= 15 is 0 Å². The molecule has 3 rings (SSSR count). The van der Waals surface area contributed by atoms with Crippen LogP contribution in [0.1, 0.15) is 33.6 Å². The third-order valence-corrected chi connectivity index (χ3v) is 5.23. The molecule has 1 heterocycles. The maximum atomic E-state index is 13.0. The summed E-state index contributed by atoms with van der Waals surface area (Å²) in [4.78, 5) is 39.3. The second kappa shape index (κ2) is 10.1. The van der Waals surface area contributed by atoms with E-state index in [0.29, 0.717) is 41.5 Å². The molecule has 1 aliphatic rings. The summed E-state index contributed by atoms with van der Waals surface area (Å²) in [6.07, 6.45) is 3.16. The van der Waals surface area contributed by atoms with Crippen LogP contribution in [-0.2, 0) is 4.79 Å². The Morgan fingerprint density at radius 2 is 1.90 bits per heavy atom. The molecular weight excluding hydrogens is 402 g/mol. The summed E-state index contributed by atoms with van der Waals surface area (Å²) >= 11 is 5.86. The number of nitrogens with one attached hydrogen (secondary N) is 2. The maximum absolute atomic E-state index is 13.0. The van der Waals surface area contributed by atoms with Crippen molar-refractivity contribution in [1.29, 1.82) is 0 Å². The fraction of sp³-hybridized carbons (Fsp3) is 0.261. The number of halogens is 1. The summed E-state index contributed by atoms with van der Waals surface area (Å²) in [5.74, 6) is -0.723. The van der Waals surface area contributed by atoms with Crippen LogP contribution in [0, 0.1) is 5.92 Å². The van der Waals surface area contributed by atoms with Gasteiger partial charge in [0.1, 0.15) is 0 Å². The third kappa shape index (κ3) is 5.48. The highest BCUT2D eigenvalue weighted by Crippen LogP contribution is 2.21. The molecule has 0 saturated carbocycles. The molecule has 1 aliphatic heterocycles. The lowest BCUT2D eigenvalue weighted by Crippen LogP contribution is -2.45. The van der Waals surface area contributed by atoms with Crippen LogP contribution in [0.3, 0.4) is 0 Å². The smallest absolute Gasteiger partial charge is 0.255 e. The highest BCUT2D eigenvalue weighted by Gasteiger charge is 2.28. The minimum atomic E-state index is -0.284. The van der Waals surface area contributed by atoms with E-state index < -0.39 is 0 Å². The molecule has 2 aromatic rings. The lowest BCUT2D eigenvalue weighted by molar-refractivity contribution is -0.126. The first-order valence-corrected chi connectivity index (χ1v) is 10.2. The Morgan fingerprint density at radius 3 is 2.63 bits per heavy atom. The van der Waals surface area contributed by atoms with Crippen LogP contribution in [0.2, 0.25) is 5.02 Å². The van der Waals surface area contributed by atoms with Crippen molar-refractivity contribution in [1.82, 2.24) is 10.2 Å². The van der Waals surface area contributed by atoms with E-state index in [1.165, 1.54) is 0 Å². The Hall–Kier alpha value is -3.12. The SMILES string of the molecule is C=CCNC(=O)C1CCCN(C(=O)c2cccc(NC(=O)c3ccc(Cl)cc3)c2)C1. The van der Waals surface area contributed by atoms with Crippen LogP contribution >= 0.6 is 11.6 Å². The molecule has 30 heavy (non-hydrogen) atoms. The number of carbonyl (C=O) groups is 3. The van der Waals surface area contributed by atoms with Crippen LogP contribution in [0.4, 0.5) is 5.69 Å². The summed E-state index contributed by atoms with van der Waals surface area (Å²) in [5, 5.41) is 6.15. The second-order valence-electron chi connectivity index (χ2n) is 7.17. The Kier molecular flexibility index (Phi) is 7.25. The van der Waals surface area contributed by atoms with Gasteiger partial charge in [-0.2, -0.15) is 0 Å². The number of piperidine rings is 1. The van der Waals surface area contributed by atoms with Crippen molar-refractivity contribution in [3.63, 3.8) is 0 Å². The Balaban J connectivity index is 1.66. The van der Waals surface area contributed by atoms with E-state index in [0.717, 1.165) is 12.8 Å². The van der Waals surface area contributed by atoms with E-state index in [-0.39, 0.29) is 23.6 Å². The van der Waals surface area contributed by atoms with Crippen LogP contribution in [-0.4, -0.2) is 42.3 Å². The summed E-state index contributed by atoms with van der Waals surface area (Å²) in [6.45, 7) is 4.99. The van der Waals surface area contributed by atoms with Gasteiger partial charge in [-0.15, -0.1) is 6.58 Å². The van der Waals surface area contributed by atoms with Gasteiger partial charge in [0, 0.05) is 41.5 Å². The molecular formula is C23H24ClN3O3. The normalized spacial score (nSPS) is 15.9. The molecule has 0 aliphatic carbocycles. The van der Waals surface area contributed by atoms with Gasteiger partial charge >= 0.3 is 0 Å². The minimum Gasteiger partial charge on any atom is -0.352 e. The van der Waals surface area contributed by atoms with Crippen molar-refractivity contribution >= 4 is 35.0 Å². The van der Waals surface area contributed by atoms with Crippen LogP contribution in [0.15, 0.2) is 61.2 Å². The number of nitrogens with zero attached hydrogens (tertiary/aromatic N) is 1. The molecule has 0 spiro atoms. The first-order chi connectivity index (χ1) is 14.5. The molecule has 2 N–H and O–H groups in total. The van der Waals surface area contributed by atoms with Crippen molar-refractivity contribution < 1.29 is 14.4 Å². The van der Waals surface area contributed by atoms with Gasteiger partial charge in [0.15, 0.2) is 0 Å². The van der Waals surface area contributed by atoms with Crippen LogP contribution in [0.25, 0.3) is 0 Å². The number of hydrogen-bond donors (Lipinski definition) is 2. The van der Waals surface area contributed by atoms with Gasteiger partial charge in [0.2, 0.25) is 5.91 Å². The van der Waals surface area contributed by atoms with Gasteiger partial charge in [-0.05, 0) is 55.3 Å². The molecule has 1 saturated heterocycles. The molecule has 156 valence electrons. The number of hydrogen-bond acceptors (Lipinski definition) is 3. The van der Waals surface area contributed by atoms with Crippen LogP contribution < -0.4 is 10.6 Å². The van der Waals surface area contributed by atoms with Gasteiger partial charge in [-0.3, -0.25) is 14.4 Å². The van der Waals surface area contributed by atoms with Gasteiger partial charge in [0.05, 0.1) is 5.92 Å². The predicted octanol–water partition coefficient (Wildman–Crippen LogP) is 3.75. The van der Waals surface area contributed by atoms with E-state index in [1.807, 2.05) is 0 Å². The van der Waals surface area contributed by atoms with Crippen molar-refractivity contribution in [2.75, 3.05) is 25.0 Å². The molecule has 6 nitrogen and oxygen atoms in total. The van der Waals surface area contributed by atoms with E-state index in [9.17, 15) is 14.4 Å². The van der Waals surface area contributed by atoms with Crippen molar-refractivity contribution in [2.24, 2.45) is 5.92 Å². The van der Waals surface area contributed by atoms with Crippen molar-refractivity contribution in [3.8, 4) is 0 Å². The summed E-state index contributed by atoms with van der Waals surface area (Å²) in [7, 11) is 0. The minimum absolute atomic E-state index is 0.0589. The predicted molar refractivity (Wildman–Crippen MR) is 118 cm³/mol. The number of benzene rings is 2. The zero-order valence-electron chi connectivity index (χ0n) is 16.6. The number of anilines is 1. The standard InChI is InChI=1S/C23H24ClN3O3/c1-2-12-25-21(28)18-6-4-13-27(15-18)23(30)17-5-3-7-20(14-17)26-22(29)16-8-10-19(24)11-9-16/h2-3,5,7-11,14,18H,1,4,6,12-13,15H2,(H,25,28)(H,26,29). The summed E-state index contributed by atoms with van der Waals surface area (Å²) in [6, 6.07) is 13.4. The Labute approximate surface area is 180 Å². The Morgan fingerprint density at radius 1 is 1.13 bits per heavy atom. The van der Waals surface area contributed by atoms with Crippen LogP contribution in [0.5, 0.6) is 0 Å². The van der Waals surface area contributed by atoms with E-state index in [2.05, 4.69) is 17.2 Å². The fourth-order valence-corrected chi connectivity index (χ4v) is 3.54. The molecule has 0 bridgehead atoms. The monoisotopic (exact) mass is 425 g/mol. The number of carbonyl (C=O) groups excluding carboxylic acids is 3. The summed E-state index contributed by atoms with van der Waals surface area (Å²) in [5.41, 5.74) is 1.47. The molecule has 0 aromatic heterocycles. The molecule has 7 heteroatoms. The van der Waals surface area contributed by atoms with E-state index in [4.69, 9.17) is 11.6 Å². The van der Waals surface area contributed by atoms with E-state index in [1.54, 1.807) is 59.5 Å². The molecule has 1 unspecified atom stereocenters. The highest BCUT2D eigenvalue weighted by atomic mass is 35.5. The first-order valence-electron chi connectivity index (χ1n) is 9.83. The number of rotatable bonds is 6. The zero-order valence-corrected chi connectivity index (χ0v) is 17.3. The second-order valence-corrected chi connectivity index (χ2v) is 7.60. The number of amides is 3. The van der Waals surface area contributed by atoms with Gasteiger partial charge < -0.3 is 15.5 Å². The Bertz CT molecular complexity index is 943. The quantitative estimate of drug-likeness (QED) is 0.692. The van der Waals surface area contributed by atoms with Gasteiger partial charge in [-0.1, -0.05) is 23.7 Å². The molecule has 1 fully saturated rings. The molecule has 3 amide bonds. The average molecular weight is 426 g/mol. The zero-order chi connectivity index (χ0) is 21.5. The number of likely N-dealkylation sites (tertiary alicyclic amines) is 1. The largest absolute Gasteiger partial charge is 0.352 e. The lowest BCUT2D eigenvalue weighted by atomic mass is 9.96. The lowest BCUT2D eigenvalue weighted by Gasteiger charge is -2.32. The van der Waals surface area contributed by atoms with Crippen molar-refractivity contribution in [3.05, 3.63) is 77.3 Å². The summed E-state index contributed by atoms with van der Waals surface area (Å²) < 4.78 is 0. The van der Waals surface area contributed by atoms with Crippen molar-refractivity contribution in [2.45, 2.75) is 12.8 Å². The van der Waals surface area contributed by atoms with Gasteiger partial charge in [-0.25, -0.2) is 0 Å². The molecule has 1 atom stereocenters. The third-order valence-electron chi connectivity index (χ3n) is 4.97. The maximum Gasteiger partial charge on any atom is 0.255 e.